The molecule has 23 nitrogen and oxygen atoms in total. The number of carbonyl (C=O) groups excluding carboxylic acids is 8. The molecule has 0 radical (unpaired) electrons. The van der Waals surface area contributed by atoms with Crippen molar-refractivity contribution in [2.75, 3.05) is 26.7 Å². The van der Waals surface area contributed by atoms with Crippen molar-refractivity contribution in [3.63, 3.8) is 0 Å². The lowest BCUT2D eigenvalue weighted by molar-refractivity contribution is -0.144. The average Bonchev–Trinajstić information content (AvgIpc) is 1.77. The molecule has 520 valence electrons. The van der Waals surface area contributed by atoms with Crippen LogP contribution in [0.3, 0.4) is 0 Å². The Bertz CT molecular complexity index is 3800. The molecular weight excluding hydrogens is 1360 g/mol. The molecule has 0 saturated carbocycles. The highest BCUT2D eigenvalue weighted by Crippen LogP contribution is 2.59. The molecule has 8 amide bonds. The minimum atomic E-state index is -5.98. The molecule has 97 heavy (non-hydrogen) atoms. The summed E-state index contributed by atoms with van der Waals surface area (Å²) in [7, 11) is -4.65. The van der Waals surface area contributed by atoms with Crippen molar-refractivity contribution in [1.29, 1.82) is 0 Å². The van der Waals surface area contributed by atoms with Crippen LogP contribution in [-0.4, -0.2) is 140 Å². The molecule has 0 spiro atoms. The van der Waals surface area contributed by atoms with E-state index in [4.69, 9.17) is 4.74 Å². The van der Waals surface area contributed by atoms with E-state index >= 15 is 0 Å². The Morgan fingerprint density at radius 1 is 0.722 bits per heavy atom. The molecule has 2 heterocycles. The fraction of sp³-hybridized carbons (Fsp3) is 0.406. The molecule has 7 rings (SSSR count). The van der Waals surface area contributed by atoms with Crippen LogP contribution in [0, 0.1) is 19.3 Å². The summed E-state index contributed by atoms with van der Waals surface area (Å²) >= 11 is 4.97. The van der Waals surface area contributed by atoms with E-state index < -0.39 is 108 Å². The molecule has 6 atom stereocenters. The summed E-state index contributed by atoms with van der Waals surface area (Å²) in [4.78, 5) is 138. The van der Waals surface area contributed by atoms with Gasteiger partial charge in [0.2, 0.25) is 41.4 Å². The number of benzene rings is 5. The summed E-state index contributed by atoms with van der Waals surface area (Å²) in [5, 5.41) is 40.5. The smallest absolute Gasteiger partial charge is 0.399 e. The highest BCUT2D eigenvalue weighted by molar-refractivity contribution is 9.10. The number of nitrogens with one attached hydrogen (secondary N) is 7. The topological polar surface area (TPSA) is 344 Å². The first-order valence-corrected chi connectivity index (χ1v) is 34.9. The van der Waals surface area contributed by atoms with Crippen molar-refractivity contribution in [3.8, 4) is 21.9 Å². The number of unbranched alkanes of at least 4 members (excludes halogenated alkanes) is 2. The van der Waals surface area contributed by atoms with Gasteiger partial charge >= 0.3 is 13.3 Å². The quantitative estimate of drug-likeness (QED) is 0.0146. The van der Waals surface area contributed by atoms with E-state index in [9.17, 15) is 71.7 Å². The largest absolute Gasteiger partial charge is 0.504 e. The monoisotopic (exact) mass is 1440 g/mol. The van der Waals surface area contributed by atoms with E-state index in [0.29, 0.717) is 23.1 Å². The van der Waals surface area contributed by atoms with Gasteiger partial charge in [-0.15, -0.1) is 11.3 Å². The fourth-order valence-corrected chi connectivity index (χ4v) is 12.5. The molecule has 28 heteroatoms. The summed E-state index contributed by atoms with van der Waals surface area (Å²) in [5.74, 6) is -5.05. The zero-order valence-electron chi connectivity index (χ0n) is 54.7. The van der Waals surface area contributed by atoms with Crippen molar-refractivity contribution in [2.24, 2.45) is 5.41 Å². The zero-order chi connectivity index (χ0) is 70.8. The number of hydrogen-bond donors (Lipinski definition) is 11. The van der Waals surface area contributed by atoms with Crippen LogP contribution in [0.15, 0.2) is 125 Å². The number of aryl methyl sites for hydroxylation is 2. The minimum Gasteiger partial charge on any atom is -0.504 e. The normalized spacial score (nSPS) is 15.2. The number of carbonyl (C=O) groups is 8. The fourth-order valence-electron chi connectivity index (χ4n) is 10.9. The van der Waals surface area contributed by atoms with Crippen molar-refractivity contribution < 1.29 is 76.4 Å². The van der Waals surface area contributed by atoms with Gasteiger partial charge in [-0.1, -0.05) is 128 Å². The van der Waals surface area contributed by atoms with Gasteiger partial charge in [-0.25, -0.2) is 4.98 Å². The van der Waals surface area contributed by atoms with Gasteiger partial charge in [0.1, 0.15) is 30.2 Å². The first-order valence-electron chi connectivity index (χ1n) is 31.6. The van der Waals surface area contributed by atoms with Gasteiger partial charge in [-0.3, -0.25) is 42.9 Å². The van der Waals surface area contributed by atoms with Gasteiger partial charge in [-0.05, 0) is 109 Å². The lowest BCUT2D eigenvalue weighted by Crippen LogP contribution is -2.58. The maximum Gasteiger partial charge on any atom is 0.399 e. The molecule has 5 aromatic carbocycles. The predicted molar refractivity (Wildman–Crippen MR) is 364 cm³/mol. The summed E-state index contributed by atoms with van der Waals surface area (Å²) in [6.45, 7) is 9.29. The lowest BCUT2D eigenvalue weighted by atomic mass is 9.85. The predicted octanol–water partition coefficient (Wildman–Crippen LogP) is 7.31. The van der Waals surface area contributed by atoms with Crippen LogP contribution in [0.4, 0.5) is 8.78 Å². The van der Waals surface area contributed by atoms with E-state index in [1.807, 2.05) is 38.1 Å². The number of methoxy groups -OCH3 is 1. The molecule has 0 bridgehead atoms. The number of thiazole rings is 1. The second-order valence-electron chi connectivity index (χ2n) is 25.0. The van der Waals surface area contributed by atoms with Gasteiger partial charge < -0.3 is 66.9 Å². The van der Waals surface area contributed by atoms with Crippen molar-refractivity contribution >= 4 is 82.1 Å². The Kier molecular flexibility index (Phi) is 27.1. The number of hydrogen-bond acceptors (Lipinski definition) is 14. The van der Waals surface area contributed by atoms with E-state index in [0.717, 1.165) is 56.0 Å². The molecule has 6 unspecified atom stereocenters. The first-order chi connectivity index (χ1) is 45.9. The number of aromatic nitrogens is 1. The average molecular weight is 1440 g/mol. The first kappa shape index (κ1) is 75.9. The maximum absolute atomic E-state index is 14.9. The number of aromatic hydroxyl groups is 1. The number of likely N-dealkylation sites (tertiary alicyclic amines) is 1. The molecule has 1 saturated heterocycles. The highest BCUT2D eigenvalue weighted by atomic mass is 79.9. The van der Waals surface area contributed by atoms with E-state index in [-0.39, 0.29) is 101 Å². The van der Waals surface area contributed by atoms with E-state index in [2.05, 4.69) is 58.1 Å². The molecule has 1 aliphatic rings. The van der Waals surface area contributed by atoms with Gasteiger partial charge in [0.05, 0.1) is 35.7 Å². The van der Waals surface area contributed by atoms with Gasteiger partial charge in [0.25, 0.3) is 5.91 Å². The van der Waals surface area contributed by atoms with Gasteiger partial charge in [-0.2, -0.15) is 8.78 Å². The molecular formula is C69H83BrF2N9O14PS. The molecule has 1 aromatic heterocycles. The minimum absolute atomic E-state index is 0.00527. The van der Waals surface area contributed by atoms with Crippen LogP contribution in [0.2, 0.25) is 0 Å². The zero-order valence-corrected chi connectivity index (χ0v) is 58.0. The number of aliphatic hydroxyl groups is 1. The van der Waals surface area contributed by atoms with Crippen LogP contribution in [0.5, 0.6) is 11.5 Å². The highest BCUT2D eigenvalue weighted by Gasteiger charge is 2.50. The SMILES string of the molecule is COc1cc(CC(=O)NC(Cc2ccccc2)C(=O)NC(Cc2ccc(C(F)(F)P(=O)(O)O)cc2)C(=O)NC(CCCCNC(=O)c2ccc(C)c(Br)c2)C(=O)NCCCCC(=O)NC(C(=O)N2CC(O)CC2C(=O)NCc2ccc(-c3scnc3C)cc2)C(C)(C)C)ccc1O. The van der Waals surface area contributed by atoms with Crippen LogP contribution in [0.1, 0.15) is 115 Å². The summed E-state index contributed by atoms with van der Waals surface area (Å²) in [6, 6.07) is 23.0. The molecule has 1 fully saturated rings. The number of amides is 8. The van der Waals surface area contributed by atoms with Crippen LogP contribution < -0.4 is 42.0 Å². The number of alkyl halides is 2. The number of halogens is 3. The number of nitrogens with zero attached hydrogens (tertiary/aromatic N) is 2. The molecule has 6 aromatic rings. The Hall–Kier alpha value is -8.46. The number of phenols is 1. The van der Waals surface area contributed by atoms with Crippen LogP contribution in [0.25, 0.3) is 10.4 Å². The molecule has 0 aliphatic carbocycles. The Balaban J connectivity index is 1.03. The Morgan fingerprint density at radius 3 is 1.97 bits per heavy atom. The Labute approximate surface area is 574 Å². The van der Waals surface area contributed by atoms with Crippen molar-refractivity contribution in [1.82, 2.24) is 47.1 Å². The Morgan fingerprint density at radius 2 is 1.34 bits per heavy atom. The van der Waals surface area contributed by atoms with Gasteiger partial charge in [0, 0.05) is 67.5 Å². The number of ether oxygens (including phenoxy) is 1. The second kappa shape index (κ2) is 34.7. The van der Waals surface area contributed by atoms with Gasteiger partial charge in [0.15, 0.2) is 11.5 Å². The summed E-state index contributed by atoms with van der Waals surface area (Å²) in [6.07, 6.45) is -0.887. The molecule has 11 N–H and O–H groups in total. The van der Waals surface area contributed by atoms with E-state index in [1.165, 1.54) is 41.5 Å². The number of β-amino-alcohol motifs (C(OH)–C–C–N with tert-alkyl or cyclic N) is 1. The summed E-state index contributed by atoms with van der Waals surface area (Å²) in [5.41, 5.74) is 0.534. The lowest BCUT2D eigenvalue weighted by Gasteiger charge is -2.35. The van der Waals surface area contributed by atoms with Crippen molar-refractivity contribution in [3.05, 3.63) is 170 Å². The van der Waals surface area contributed by atoms with Crippen LogP contribution in [-0.2, 0) is 69.6 Å². The van der Waals surface area contributed by atoms with E-state index in [1.54, 1.807) is 74.8 Å². The number of rotatable bonds is 32. The maximum atomic E-state index is 14.9. The number of aliphatic hydroxyl groups excluding tert-OH is 1. The number of phenolic OH excluding ortho intramolecular Hbond substituents is 1. The molecule has 1 aliphatic heterocycles. The van der Waals surface area contributed by atoms with Crippen LogP contribution >= 0.6 is 34.9 Å². The third kappa shape index (κ3) is 21.8. The standard InChI is InChI=1S/C69H83BrF2N9O14PS/c1-41-18-24-48(36-51(41)70)62(86)73-30-12-10-16-52(63(87)74-31-13-11-17-58(84)80-61(68(3,4)5)67(91)81-39-50(82)37-55(81)66(90)75-38-45-19-25-47(26-20-45)60-42(2)76-40-97-60)78-65(89)54(33-44-21-27-49(28-22-44)69(71,72)96(92,93)94)79-64(88)53(32-43-14-8-7-9-15-43)77-59(85)35-46-23-29-56(83)57(34-46)95-6/h7-9,14-15,18-29,34,36,40,50,52-55,61,82-83H,10-13,16-17,30-33,35,37-39H2,1-6H3,(H,73,86)(H,74,87)(H,75,90)(H,77,85)(H,78,89)(H,79,88)(H,80,84)(H2,92,93,94). The third-order valence-corrected chi connectivity index (χ3v) is 19.2. The summed E-state index contributed by atoms with van der Waals surface area (Å²) < 4.78 is 47.4. The third-order valence-electron chi connectivity index (χ3n) is 16.4. The second-order valence-corrected chi connectivity index (χ2v) is 28.4. The van der Waals surface area contributed by atoms with Crippen molar-refractivity contribution in [2.45, 2.75) is 147 Å².